The van der Waals surface area contributed by atoms with Gasteiger partial charge < -0.3 is 4.90 Å². The lowest BCUT2D eigenvalue weighted by Crippen LogP contribution is -2.49. The van der Waals surface area contributed by atoms with E-state index in [1.165, 1.54) is 23.1 Å². The van der Waals surface area contributed by atoms with Crippen molar-refractivity contribution in [3.05, 3.63) is 40.9 Å². The summed E-state index contributed by atoms with van der Waals surface area (Å²) in [5, 5.41) is 11.1. The Hall–Kier alpha value is -2.06. The Labute approximate surface area is 137 Å². The third-order valence-corrected chi connectivity index (χ3v) is 4.17. The molecule has 1 aliphatic rings. The smallest absolute Gasteiger partial charge is 0.244 e. The topological polar surface area (TPSA) is 67.2 Å². The summed E-state index contributed by atoms with van der Waals surface area (Å²) in [6.45, 7) is 3.56. The standard InChI is InChI=1S/C14H16ClFN6O/c15-13-7-12(16)2-1-11(13)8-20-3-5-21(6-4-20)14(23)9-22-10-17-18-19-22/h1-2,7,10H,3-6,8-9H2. The molecule has 0 radical (unpaired) electrons. The summed E-state index contributed by atoms with van der Waals surface area (Å²) in [5.74, 6) is -0.339. The lowest BCUT2D eigenvalue weighted by molar-refractivity contribution is -0.133. The van der Waals surface area contributed by atoms with Crippen LogP contribution in [-0.4, -0.2) is 62.1 Å². The van der Waals surface area contributed by atoms with E-state index in [2.05, 4.69) is 20.4 Å². The minimum atomic E-state index is -0.336. The van der Waals surface area contributed by atoms with Gasteiger partial charge in [-0.3, -0.25) is 9.69 Å². The molecule has 1 aromatic heterocycles. The van der Waals surface area contributed by atoms with Crippen molar-refractivity contribution < 1.29 is 9.18 Å². The summed E-state index contributed by atoms with van der Waals surface area (Å²) in [5.41, 5.74) is 0.890. The zero-order chi connectivity index (χ0) is 16.2. The number of rotatable bonds is 4. The molecule has 0 aliphatic carbocycles. The van der Waals surface area contributed by atoms with Crippen molar-refractivity contribution in [3.8, 4) is 0 Å². The number of nitrogens with zero attached hydrogens (tertiary/aromatic N) is 6. The summed E-state index contributed by atoms with van der Waals surface area (Å²) < 4.78 is 14.5. The van der Waals surface area contributed by atoms with Gasteiger partial charge >= 0.3 is 0 Å². The number of carbonyl (C=O) groups is 1. The maximum Gasteiger partial charge on any atom is 0.244 e. The monoisotopic (exact) mass is 338 g/mol. The highest BCUT2D eigenvalue weighted by atomic mass is 35.5. The Bertz CT molecular complexity index is 672. The third kappa shape index (κ3) is 4.02. The number of hydrogen-bond donors (Lipinski definition) is 0. The summed E-state index contributed by atoms with van der Waals surface area (Å²) in [7, 11) is 0. The van der Waals surface area contributed by atoms with E-state index in [1.54, 1.807) is 11.0 Å². The Kier molecular flexibility index (Phi) is 4.82. The molecule has 1 saturated heterocycles. The molecular weight excluding hydrogens is 323 g/mol. The lowest BCUT2D eigenvalue weighted by Gasteiger charge is -2.34. The molecule has 9 heteroatoms. The summed E-state index contributed by atoms with van der Waals surface area (Å²) in [4.78, 5) is 16.1. The molecule has 1 fully saturated rings. The molecule has 2 heterocycles. The number of piperazine rings is 1. The van der Waals surface area contributed by atoms with Crippen LogP contribution in [0.25, 0.3) is 0 Å². The molecule has 1 aromatic carbocycles. The summed E-state index contributed by atoms with van der Waals surface area (Å²) >= 11 is 6.05. The molecular formula is C14H16ClFN6O. The second-order valence-electron chi connectivity index (χ2n) is 5.40. The van der Waals surface area contributed by atoms with Crippen LogP contribution in [0.15, 0.2) is 24.5 Å². The molecule has 0 spiro atoms. The SMILES string of the molecule is O=C(Cn1cnnn1)N1CCN(Cc2ccc(F)cc2Cl)CC1. The molecule has 7 nitrogen and oxygen atoms in total. The van der Waals surface area contributed by atoms with Crippen molar-refractivity contribution in [3.63, 3.8) is 0 Å². The van der Waals surface area contributed by atoms with Crippen LogP contribution in [0.3, 0.4) is 0 Å². The molecule has 0 bridgehead atoms. The highest BCUT2D eigenvalue weighted by Crippen LogP contribution is 2.19. The van der Waals surface area contributed by atoms with E-state index in [4.69, 9.17) is 11.6 Å². The normalized spacial score (nSPS) is 15.8. The van der Waals surface area contributed by atoms with E-state index < -0.39 is 0 Å². The van der Waals surface area contributed by atoms with Crippen molar-refractivity contribution in [2.45, 2.75) is 13.1 Å². The average molecular weight is 339 g/mol. The van der Waals surface area contributed by atoms with Gasteiger partial charge in [-0.2, -0.15) is 0 Å². The number of hydrogen-bond acceptors (Lipinski definition) is 5. The van der Waals surface area contributed by atoms with Crippen LogP contribution in [-0.2, 0) is 17.9 Å². The van der Waals surface area contributed by atoms with Crippen LogP contribution < -0.4 is 0 Å². The van der Waals surface area contributed by atoms with Gasteiger partial charge in [0.2, 0.25) is 5.91 Å². The second kappa shape index (κ2) is 7.01. The third-order valence-electron chi connectivity index (χ3n) is 3.82. The van der Waals surface area contributed by atoms with Gasteiger partial charge in [-0.05, 0) is 28.1 Å². The molecule has 0 N–H and O–H groups in total. The van der Waals surface area contributed by atoms with Gasteiger partial charge in [0.15, 0.2) is 0 Å². The van der Waals surface area contributed by atoms with E-state index in [1.807, 2.05) is 0 Å². The maximum absolute atomic E-state index is 13.1. The van der Waals surface area contributed by atoms with Gasteiger partial charge in [0, 0.05) is 37.7 Å². The first-order chi connectivity index (χ1) is 11.1. The Balaban J connectivity index is 1.51. The number of halogens is 2. The van der Waals surface area contributed by atoms with Crippen molar-refractivity contribution in [1.82, 2.24) is 30.0 Å². The van der Waals surface area contributed by atoms with Gasteiger partial charge in [-0.25, -0.2) is 9.07 Å². The highest BCUT2D eigenvalue weighted by Gasteiger charge is 2.22. The molecule has 1 amide bonds. The zero-order valence-electron chi connectivity index (χ0n) is 12.4. The molecule has 0 atom stereocenters. The van der Waals surface area contributed by atoms with Gasteiger partial charge in [-0.1, -0.05) is 17.7 Å². The van der Waals surface area contributed by atoms with Gasteiger partial charge in [0.25, 0.3) is 0 Å². The number of carbonyl (C=O) groups excluding carboxylic acids is 1. The Morgan fingerprint density at radius 2 is 2.04 bits per heavy atom. The fourth-order valence-electron chi connectivity index (χ4n) is 2.54. The number of benzene rings is 1. The number of amides is 1. The molecule has 1 aliphatic heterocycles. The second-order valence-corrected chi connectivity index (χ2v) is 5.81. The molecule has 122 valence electrons. The Morgan fingerprint density at radius 3 is 2.70 bits per heavy atom. The average Bonchev–Trinajstić information content (AvgIpc) is 3.04. The zero-order valence-corrected chi connectivity index (χ0v) is 13.2. The minimum absolute atomic E-state index is 0.00300. The number of tetrazole rings is 1. The highest BCUT2D eigenvalue weighted by molar-refractivity contribution is 6.31. The predicted molar refractivity (Wildman–Crippen MR) is 81.1 cm³/mol. The quantitative estimate of drug-likeness (QED) is 0.825. The van der Waals surface area contributed by atoms with Crippen LogP contribution in [0.4, 0.5) is 4.39 Å². The lowest BCUT2D eigenvalue weighted by atomic mass is 10.2. The molecule has 23 heavy (non-hydrogen) atoms. The van der Waals surface area contributed by atoms with Crippen molar-refractivity contribution >= 4 is 17.5 Å². The van der Waals surface area contributed by atoms with Crippen molar-refractivity contribution in [1.29, 1.82) is 0 Å². The van der Waals surface area contributed by atoms with Crippen LogP contribution in [0.2, 0.25) is 5.02 Å². The van der Waals surface area contributed by atoms with Gasteiger partial charge in [0.1, 0.15) is 18.7 Å². The summed E-state index contributed by atoms with van der Waals surface area (Å²) in [6, 6.07) is 4.43. The largest absolute Gasteiger partial charge is 0.339 e. The Morgan fingerprint density at radius 1 is 1.26 bits per heavy atom. The van der Waals surface area contributed by atoms with E-state index >= 15 is 0 Å². The number of aromatic nitrogens is 4. The van der Waals surface area contributed by atoms with Gasteiger partial charge in [0.05, 0.1) is 0 Å². The first-order valence-electron chi connectivity index (χ1n) is 7.26. The van der Waals surface area contributed by atoms with Crippen LogP contribution in [0.1, 0.15) is 5.56 Å². The maximum atomic E-state index is 13.1. The predicted octanol–water partition coefficient (Wildman–Crippen LogP) is 0.810. The molecule has 0 saturated carbocycles. The first-order valence-corrected chi connectivity index (χ1v) is 7.64. The fraction of sp³-hybridized carbons (Fsp3) is 0.429. The van der Waals surface area contributed by atoms with E-state index in [0.29, 0.717) is 24.7 Å². The first kappa shape index (κ1) is 15.8. The van der Waals surface area contributed by atoms with E-state index in [-0.39, 0.29) is 18.3 Å². The van der Waals surface area contributed by atoms with Crippen molar-refractivity contribution in [2.24, 2.45) is 0 Å². The van der Waals surface area contributed by atoms with E-state index in [0.717, 1.165) is 18.7 Å². The molecule has 0 unspecified atom stereocenters. The summed E-state index contributed by atoms with van der Waals surface area (Å²) in [6.07, 6.45) is 1.42. The van der Waals surface area contributed by atoms with E-state index in [9.17, 15) is 9.18 Å². The van der Waals surface area contributed by atoms with Crippen LogP contribution >= 0.6 is 11.6 Å². The van der Waals surface area contributed by atoms with Gasteiger partial charge in [-0.15, -0.1) is 5.10 Å². The van der Waals surface area contributed by atoms with Crippen molar-refractivity contribution in [2.75, 3.05) is 26.2 Å². The molecule has 2 aromatic rings. The minimum Gasteiger partial charge on any atom is -0.339 e. The van der Waals surface area contributed by atoms with Crippen LogP contribution in [0, 0.1) is 5.82 Å². The molecule has 3 rings (SSSR count). The fourth-order valence-corrected chi connectivity index (χ4v) is 2.76. The van der Waals surface area contributed by atoms with Crippen LogP contribution in [0.5, 0.6) is 0 Å².